The van der Waals surface area contributed by atoms with Crippen molar-refractivity contribution in [3.63, 3.8) is 0 Å². The van der Waals surface area contributed by atoms with Crippen molar-refractivity contribution in [2.45, 2.75) is 0 Å². The first kappa shape index (κ1) is 18.6. The lowest BCUT2D eigenvalue weighted by molar-refractivity contribution is 0.0602. The summed E-state index contributed by atoms with van der Waals surface area (Å²) < 4.78 is 4.85. The van der Waals surface area contributed by atoms with Crippen molar-refractivity contribution < 1.29 is 9.53 Å². The van der Waals surface area contributed by atoms with Gasteiger partial charge in [0.15, 0.2) is 0 Å². The minimum absolute atomic E-state index is 0.401. The third kappa shape index (κ3) is 4.23. The highest BCUT2D eigenvalue weighted by atomic mass is 16.5. The predicted molar refractivity (Wildman–Crippen MR) is 110 cm³/mol. The molecule has 0 radical (unpaired) electrons. The second kappa shape index (κ2) is 8.51. The zero-order valence-corrected chi connectivity index (χ0v) is 16.0. The quantitative estimate of drug-likeness (QED) is 0.656. The molecule has 1 aromatic carbocycles. The molecule has 148 valence electrons. The highest BCUT2D eigenvalue weighted by molar-refractivity contribution is 5.96. The zero-order valence-electron chi connectivity index (χ0n) is 16.0. The van der Waals surface area contributed by atoms with Gasteiger partial charge in [0.1, 0.15) is 5.82 Å². The van der Waals surface area contributed by atoms with Gasteiger partial charge in [-0.05, 0) is 24.3 Å². The van der Waals surface area contributed by atoms with E-state index in [4.69, 9.17) is 4.74 Å². The van der Waals surface area contributed by atoms with Crippen molar-refractivity contribution in [2.24, 2.45) is 0 Å². The van der Waals surface area contributed by atoms with E-state index in [1.807, 2.05) is 18.2 Å². The van der Waals surface area contributed by atoms with E-state index in [1.54, 1.807) is 36.8 Å². The van der Waals surface area contributed by atoms with E-state index in [0.717, 1.165) is 32.1 Å². The number of carbonyl (C=O) groups is 1. The number of methoxy groups -OCH3 is 1. The molecule has 0 unspecified atom stereocenters. The number of nitrogens with zero attached hydrogens (tertiary/aromatic N) is 6. The van der Waals surface area contributed by atoms with E-state index in [1.165, 1.54) is 7.11 Å². The number of esters is 1. The van der Waals surface area contributed by atoms with E-state index in [0.29, 0.717) is 23.0 Å². The fourth-order valence-electron chi connectivity index (χ4n) is 3.15. The van der Waals surface area contributed by atoms with Gasteiger partial charge in [-0.1, -0.05) is 12.1 Å². The number of benzene rings is 1. The summed E-state index contributed by atoms with van der Waals surface area (Å²) in [5, 5.41) is 3.19. The Labute approximate surface area is 168 Å². The normalized spacial score (nSPS) is 13.8. The summed E-state index contributed by atoms with van der Waals surface area (Å²) in [5.41, 5.74) is 1.08. The molecule has 9 nitrogen and oxygen atoms in total. The number of rotatable bonds is 5. The van der Waals surface area contributed by atoms with Crippen LogP contribution in [0.3, 0.4) is 0 Å². The minimum atomic E-state index is -0.401. The van der Waals surface area contributed by atoms with Crippen LogP contribution in [0.1, 0.15) is 10.4 Å². The lowest BCUT2D eigenvalue weighted by atomic mass is 10.2. The summed E-state index contributed by atoms with van der Waals surface area (Å²) in [6.07, 6.45) is 5.20. The van der Waals surface area contributed by atoms with Crippen LogP contribution in [-0.4, -0.2) is 59.2 Å². The molecule has 29 heavy (non-hydrogen) atoms. The molecule has 1 fully saturated rings. The summed E-state index contributed by atoms with van der Waals surface area (Å²) in [4.78, 5) is 33.9. The zero-order chi connectivity index (χ0) is 20.1. The van der Waals surface area contributed by atoms with Crippen molar-refractivity contribution in [2.75, 3.05) is 48.4 Å². The number of hydrogen-bond acceptors (Lipinski definition) is 9. The molecule has 1 aliphatic rings. The number of carbonyl (C=O) groups excluding carboxylic acids is 1. The Kier molecular flexibility index (Phi) is 5.46. The smallest absolute Gasteiger partial charge is 0.339 e. The van der Waals surface area contributed by atoms with Crippen molar-refractivity contribution in [1.29, 1.82) is 0 Å². The SMILES string of the molecule is COC(=O)c1ccccc1Nc1ccnc(N2CCN(c3ncccn3)CC2)n1. The lowest BCUT2D eigenvalue weighted by Crippen LogP contribution is -2.47. The molecule has 3 aromatic rings. The van der Waals surface area contributed by atoms with Gasteiger partial charge in [-0.25, -0.2) is 19.7 Å². The van der Waals surface area contributed by atoms with E-state index in [-0.39, 0.29) is 0 Å². The van der Waals surface area contributed by atoms with Crippen molar-refractivity contribution in [1.82, 2.24) is 19.9 Å². The second-order valence-electron chi connectivity index (χ2n) is 6.43. The van der Waals surface area contributed by atoms with Crippen LogP contribution in [0.15, 0.2) is 55.0 Å². The Balaban J connectivity index is 1.46. The fraction of sp³-hybridized carbons (Fsp3) is 0.250. The van der Waals surface area contributed by atoms with Gasteiger partial charge in [0.25, 0.3) is 0 Å². The molecule has 1 saturated heterocycles. The molecule has 2 aromatic heterocycles. The summed E-state index contributed by atoms with van der Waals surface area (Å²) in [6.45, 7) is 3.10. The van der Waals surface area contributed by atoms with Gasteiger partial charge in [-0.2, -0.15) is 4.98 Å². The van der Waals surface area contributed by atoms with Crippen molar-refractivity contribution >= 4 is 29.4 Å². The summed E-state index contributed by atoms with van der Waals surface area (Å²) >= 11 is 0. The maximum absolute atomic E-state index is 12.0. The van der Waals surface area contributed by atoms with Crippen molar-refractivity contribution in [3.8, 4) is 0 Å². The molecule has 0 saturated carbocycles. The summed E-state index contributed by atoms with van der Waals surface area (Å²) in [5.74, 6) is 1.59. The minimum Gasteiger partial charge on any atom is -0.465 e. The van der Waals surface area contributed by atoms with Crippen LogP contribution in [0, 0.1) is 0 Å². The fourth-order valence-corrected chi connectivity index (χ4v) is 3.15. The van der Waals surface area contributed by atoms with E-state index < -0.39 is 5.97 Å². The van der Waals surface area contributed by atoms with Gasteiger partial charge in [-0.15, -0.1) is 0 Å². The van der Waals surface area contributed by atoms with Gasteiger partial charge in [0.05, 0.1) is 18.4 Å². The van der Waals surface area contributed by atoms with Crippen LogP contribution in [0.25, 0.3) is 0 Å². The third-order valence-electron chi connectivity index (χ3n) is 4.64. The molecule has 1 N–H and O–H groups in total. The molecule has 3 heterocycles. The van der Waals surface area contributed by atoms with Crippen LogP contribution in [-0.2, 0) is 4.74 Å². The molecule has 1 aliphatic heterocycles. The van der Waals surface area contributed by atoms with Gasteiger partial charge in [-0.3, -0.25) is 0 Å². The topological polar surface area (TPSA) is 96.4 Å². The Morgan fingerprint density at radius 3 is 2.28 bits per heavy atom. The molecule has 0 atom stereocenters. The molecule has 9 heteroatoms. The predicted octanol–water partition coefficient (Wildman–Crippen LogP) is 2.12. The number of nitrogens with one attached hydrogen (secondary N) is 1. The van der Waals surface area contributed by atoms with Crippen LogP contribution in [0.5, 0.6) is 0 Å². The van der Waals surface area contributed by atoms with Gasteiger partial charge >= 0.3 is 5.97 Å². The molecule has 0 spiro atoms. The molecular weight excluding hydrogens is 370 g/mol. The monoisotopic (exact) mass is 391 g/mol. The largest absolute Gasteiger partial charge is 0.465 e. The highest BCUT2D eigenvalue weighted by Gasteiger charge is 2.21. The number of para-hydroxylation sites is 1. The first-order chi connectivity index (χ1) is 14.2. The molecular formula is C20H21N7O2. The van der Waals surface area contributed by atoms with Crippen LogP contribution >= 0.6 is 0 Å². The summed E-state index contributed by atoms with van der Waals surface area (Å²) in [7, 11) is 1.36. The molecule has 0 bridgehead atoms. The number of hydrogen-bond donors (Lipinski definition) is 1. The summed E-state index contributed by atoms with van der Waals surface area (Å²) in [6, 6.07) is 10.7. The first-order valence-electron chi connectivity index (χ1n) is 9.29. The van der Waals surface area contributed by atoms with Gasteiger partial charge in [0, 0.05) is 44.8 Å². The lowest BCUT2D eigenvalue weighted by Gasteiger charge is -2.34. The Morgan fingerprint density at radius 2 is 1.55 bits per heavy atom. The number of aromatic nitrogens is 4. The third-order valence-corrected chi connectivity index (χ3v) is 4.64. The standard InChI is InChI=1S/C20H21N7O2/c1-29-18(28)15-5-2-3-6-16(15)24-17-7-10-23-20(25-17)27-13-11-26(12-14-27)19-21-8-4-9-22-19/h2-10H,11-14H2,1H3,(H,23,24,25). The molecule has 0 amide bonds. The maximum Gasteiger partial charge on any atom is 0.339 e. The Bertz CT molecular complexity index is 975. The number of anilines is 4. The van der Waals surface area contributed by atoms with E-state index in [9.17, 15) is 4.79 Å². The molecule has 0 aliphatic carbocycles. The van der Waals surface area contributed by atoms with Crippen LogP contribution in [0.2, 0.25) is 0 Å². The van der Waals surface area contributed by atoms with E-state index >= 15 is 0 Å². The van der Waals surface area contributed by atoms with Gasteiger partial charge < -0.3 is 19.9 Å². The number of piperazine rings is 1. The van der Waals surface area contributed by atoms with Crippen molar-refractivity contribution in [3.05, 3.63) is 60.6 Å². The van der Waals surface area contributed by atoms with Crippen LogP contribution in [0.4, 0.5) is 23.4 Å². The average molecular weight is 391 g/mol. The number of ether oxygens (including phenoxy) is 1. The Morgan fingerprint density at radius 1 is 0.897 bits per heavy atom. The average Bonchev–Trinajstić information content (AvgIpc) is 2.80. The van der Waals surface area contributed by atoms with E-state index in [2.05, 4.69) is 35.1 Å². The molecule has 4 rings (SSSR count). The highest BCUT2D eigenvalue weighted by Crippen LogP contribution is 2.22. The van der Waals surface area contributed by atoms with Gasteiger partial charge in [0.2, 0.25) is 11.9 Å². The van der Waals surface area contributed by atoms with Crippen LogP contribution < -0.4 is 15.1 Å². The maximum atomic E-state index is 12.0. The first-order valence-corrected chi connectivity index (χ1v) is 9.29. The second-order valence-corrected chi connectivity index (χ2v) is 6.43. The Hall–Kier alpha value is -3.75.